The minimum atomic E-state index is -0.0710. The van der Waals surface area contributed by atoms with E-state index in [1.54, 1.807) is 30.1 Å². The van der Waals surface area contributed by atoms with Gasteiger partial charge in [0.15, 0.2) is 0 Å². The topological polar surface area (TPSA) is 46.3 Å². The highest BCUT2D eigenvalue weighted by atomic mass is 35.5. The molecule has 0 aromatic heterocycles. The molecule has 0 unspecified atom stereocenters. The van der Waals surface area contributed by atoms with Crippen molar-refractivity contribution in [1.82, 2.24) is 4.90 Å². The molecular weight excluding hydrogens is 284 g/mol. The average Bonchev–Trinajstić information content (AvgIpc) is 2.44. The van der Waals surface area contributed by atoms with E-state index >= 15 is 0 Å². The van der Waals surface area contributed by atoms with Gasteiger partial charge < -0.3 is 10.6 Å². The van der Waals surface area contributed by atoms with Gasteiger partial charge in [-0.15, -0.1) is 0 Å². The first kappa shape index (κ1) is 15.4. The van der Waals surface area contributed by atoms with Gasteiger partial charge in [-0.3, -0.25) is 4.79 Å². The van der Waals surface area contributed by atoms with Crippen LogP contribution in [0.2, 0.25) is 5.02 Å². The predicted molar refractivity (Wildman–Crippen MR) is 87.6 cm³/mol. The van der Waals surface area contributed by atoms with Crippen molar-refractivity contribution in [3.63, 3.8) is 0 Å². The highest BCUT2D eigenvalue weighted by molar-refractivity contribution is 6.33. The van der Waals surface area contributed by atoms with Crippen LogP contribution < -0.4 is 5.73 Å². The van der Waals surface area contributed by atoms with Crippen LogP contribution in [0.4, 0.5) is 5.69 Å². The Kier molecular flexibility index (Phi) is 4.53. The van der Waals surface area contributed by atoms with E-state index in [0.717, 1.165) is 5.56 Å². The number of anilines is 1. The van der Waals surface area contributed by atoms with E-state index < -0.39 is 0 Å². The lowest BCUT2D eigenvalue weighted by Crippen LogP contribution is -2.26. The molecular formula is C17H19ClN2O. The molecule has 3 nitrogen and oxygen atoms in total. The van der Waals surface area contributed by atoms with Crippen LogP contribution in [-0.4, -0.2) is 17.9 Å². The van der Waals surface area contributed by atoms with E-state index in [9.17, 15) is 4.79 Å². The zero-order valence-electron chi connectivity index (χ0n) is 12.5. The van der Waals surface area contributed by atoms with Gasteiger partial charge in [-0.25, -0.2) is 0 Å². The minimum Gasteiger partial charge on any atom is -0.398 e. The number of aryl methyl sites for hydroxylation is 2. The van der Waals surface area contributed by atoms with Crippen molar-refractivity contribution < 1.29 is 4.79 Å². The molecule has 0 bridgehead atoms. The highest BCUT2D eigenvalue weighted by Crippen LogP contribution is 2.21. The van der Waals surface area contributed by atoms with Gasteiger partial charge in [0.1, 0.15) is 0 Å². The number of amides is 1. The van der Waals surface area contributed by atoms with E-state index in [-0.39, 0.29) is 5.91 Å². The van der Waals surface area contributed by atoms with Crippen molar-refractivity contribution in [2.24, 2.45) is 0 Å². The highest BCUT2D eigenvalue weighted by Gasteiger charge is 2.14. The number of hydrogen-bond donors (Lipinski definition) is 1. The summed E-state index contributed by atoms with van der Waals surface area (Å²) in [5.41, 5.74) is 10.3. The quantitative estimate of drug-likeness (QED) is 0.876. The van der Waals surface area contributed by atoms with Gasteiger partial charge >= 0.3 is 0 Å². The van der Waals surface area contributed by atoms with Crippen LogP contribution in [0.15, 0.2) is 36.4 Å². The molecule has 2 aromatic rings. The van der Waals surface area contributed by atoms with Gasteiger partial charge in [0.2, 0.25) is 0 Å². The van der Waals surface area contributed by atoms with Crippen LogP contribution in [0.25, 0.3) is 0 Å². The number of carbonyl (C=O) groups excluding carboxylic acids is 1. The summed E-state index contributed by atoms with van der Waals surface area (Å²) in [7, 11) is 1.78. The van der Waals surface area contributed by atoms with Gasteiger partial charge in [-0.2, -0.15) is 0 Å². The summed E-state index contributed by atoms with van der Waals surface area (Å²) < 4.78 is 0. The number of nitrogens with zero attached hydrogens (tertiary/aromatic N) is 1. The second-order valence-electron chi connectivity index (χ2n) is 5.33. The average molecular weight is 303 g/mol. The lowest BCUT2D eigenvalue weighted by Gasteiger charge is -2.19. The maximum atomic E-state index is 12.4. The van der Waals surface area contributed by atoms with E-state index in [2.05, 4.69) is 32.0 Å². The van der Waals surface area contributed by atoms with Gasteiger partial charge in [0, 0.05) is 19.2 Å². The molecule has 2 rings (SSSR count). The number of hydrogen-bond acceptors (Lipinski definition) is 2. The Morgan fingerprint density at radius 1 is 1.19 bits per heavy atom. The summed E-state index contributed by atoms with van der Waals surface area (Å²) in [5, 5.41) is 0.462. The molecule has 0 atom stereocenters. The SMILES string of the molecule is Cc1ccc(CN(C)C(=O)c2ccc(Cl)c(N)c2)c(C)c1. The van der Waals surface area contributed by atoms with E-state index in [4.69, 9.17) is 17.3 Å². The van der Waals surface area contributed by atoms with Crippen molar-refractivity contribution in [3.05, 3.63) is 63.7 Å². The Bertz CT molecular complexity index is 682. The molecule has 4 heteroatoms. The first-order valence-electron chi connectivity index (χ1n) is 6.75. The summed E-state index contributed by atoms with van der Waals surface area (Å²) >= 11 is 5.88. The van der Waals surface area contributed by atoms with E-state index in [1.807, 2.05) is 0 Å². The van der Waals surface area contributed by atoms with E-state index in [0.29, 0.717) is 22.8 Å². The summed E-state index contributed by atoms with van der Waals surface area (Å²) in [6, 6.07) is 11.2. The Balaban J connectivity index is 2.17. The molecule has 0 spiro atoms. The Morgan fingerprint density at radius 2 is 1.90 bits per heavy atom. The maximum Gasteiger partial charge on any atom is 0.253 e. The number of carbonyl (C=O) groups is 1. The van der Waals surface area contributed by atoms with Crippen molar-refractivity contribution in [2.75, 3.05) is 12.8 Å². The number of benzene rings is 2. The zero-order chi connectivity index (χ0) is 15.6. The summed E-state index contributed by atoms with van der Waals surface area (Å²) in [5.74, 6) is -0.0710. The first-order valence-corrected chi connectivity index (χ1v) is 7.13. The van der Waals surface area contributed by atoms with Gasteiger partial charge in [0.05, 0.1) is 10.7 Å². The number of rotatable bonds is 3. The minimum absolute atomic E-state index is 0.0710. The number of halogens is 1. The normalized spacial score (nSPS) is 10.5. The van der Waals surface area contributed by atoms with Crippen LogP contribution in [0.1, 0.15) is 27.0 Å². The van der Waals surface area contributed by atoms with Crippen LogP contribution in [0, 0.1) is 13.8 Å². The largest absolute Gasteiger partial charge is 0.398 e. The maximum absolute atomic E-state index is 12.4. The van der Waals surface area contributed by atoms with Gasteiger partial charge in [0.25, 0.3) is 5.91 Å². The molecule has 21 heavy (non-hydrogen) atoms. The Labute approximate surface area is 130 Å². The second-order valence-corrected chi connectivity index (χ2v) is 5.73. The van der Waals surface area contributed by atoms with Gasteiger partial charge in [-0.05, 0) is 43.2 Å². The van der Waals surface area contributed by atoms with Crippen molar-refractivity contribution in [3.8, 4) is 0 Å². The standard InChI is InChI=1S/C17H19ClN2O/c1-11-4-5-14(12(2)8-11)10-20(3)17(21)13-6-7-15(18)16(19)9-13/h4-9H,10,19H2,1-3H3. The molecule has 0 aliphatic carbocycles. The van der Waals surface area contributed by atoms with Crippen LogP contribution >= 0.6 is 11.6 Å². The summed E-state index contributed by atoms with van der Waals surface area (Å²) in [6.45, 7) is 4.68. The molecule has 0 heterocycles. The second kappa shape index (κ2) is 6.19. The fourth-order valence-electron chi connectivity index (χ4n) is 2.25. The molecule has 2 N–H and O–H groups in total. The molecule has 2 aromatic carbocycles. The van der Waals surface area contributed by atoms with Crippen molar-refractivity contribution in [1.29, 1.82) is 0 Å². The lowest BCUT2D eigenvalue weighted by molar-refractivity contribution is 0.0785. The fraction of sp³-hybridized carbons (Fsp3) is 0.235. The molecule has 0 saturated heterocycles. The molecule has 1 amide bonds. The summed E-state index contributed by atoms with van der Waals surface area (Å²) in [4.78, 5) is 14.1. The molecule has 0 aliphatic heterocycles. The Hall–Kier alpha value is -2.00. The third-order valence-electron chi connectivity index (χ3n) is 3.50. The molecule has 110 valence electrons. The van der Waals surface area contributed by atoms with Crippen LogP contribution in [0.3, 0.4) is 0 Å². The summed E-state index contributed by atoms with van der Waals surface area (Å²) in [6.07, 6.45) is 0. The lowest BCUT2D eigenvalue weighted by atomic mass is 10.1. The zero-order valence-corrected chi connectivity index (χ0v) is 13.2. The van der Waals surface area contributed by atoms with Crippen LogP contribution in [0.5, 0.6) is 0 Å². The molecule has 0 aliphatic rings. The Morgan fingerprint density at radius 3 is 2.52 bits per heavy atom. The third kappa shape index (κ3) is 3.56. The van der Waals surface area contributed by atoms with Crippen LogP contribution in [-0.2, 0) is 6.54 Å². The van der Waals surface area contributed by atoms with Crippen molar-refractivity contribution in [2.45, 2.75) is 20.4 Å². The molecule has 0 radical (unpaired) electrons. The monoisotopic (exact) mass is 302 g/mol. The fourth-order valence-corrected chi connectivity index (χ4v) is 2.37. The molecule has 0 fully saturated rings. The number of nitrogen functional groups attached to an aromatic ring is 1. The molecule has 0 saturated carbocycles. The van der Waals surface area contributed by atoms with E-state index in [1.165, 1.54) is 11.1 Å². The smallest absolute Gasteiger partial charge is 0.253 e. The predicted octanol–water partition coefficient (Wildman–Crippen LogP) is 3.81. The third-order valence-corrected chi connectivity index (χ3v) is 3.84. The number of nitrogens with two attached hydrogens (primary N) is 1. The van der Waals surface area contributed by atoms with Gasteiger partial charge in [-0.1, -0.05) is 35.4 Å². The van der Waals surface area contributed by atoms with Crippen molar-refractivity contribution >= 4 is 23.2 Å². The first-order chi connectivity index (χ1) is 9.88.